The number of benzene rings is 2. The second-order valence-electron chi connectivity index (χ2n) is 10.1. The van der Waals surface area contributed by atoms with Gasteiger partial charge in [-0.05, 0) is 62.4 Å². The molecule has 0 bridgehead atoms. The summed E-state index contributed by atoms with van der Waals surface area (Å²) in [6.07, 6.45) is 5.24. The van der Waals surface area contributed by atoms with Crippen molar-refractivity contribution in [3.05, 3.63) is 58.8 Å². The van der Waals surface area contributed by atoms with Crippen molar-refractivity contribution in [1.29, 1.82) is 0 Å². The van der Waals surface area contributed by atoms with E-state index < -0.39 is 11.9 Å². The first kappa shape index (κ1) is 29.8. The predicted molar refractivity (Wildman–Crippen MR) is 153 cm³/mol. The Balaban J connectivity index is 1.32. The lowest BCUT2D eigenvalue weighted by Crippen LogP contribution is -2.17. The molecule has 0 aliphatic carbocycles. The van der Waals surface area contributed by atoms with Crippen LogP contribution in [0.4, 0.5) is 0 Å². The fourth-order valence-electron chi connectivity index (χ4n) is 5.03. The number of carboxylic acid groups (broad SMARTS) is 2. The average molecular weight is 564 g/mol. The van der Waals surface area contributed by atoms with E-state index in [4.69, 9.17) is 19.3 Å². The standard InChI is InChI=1S/C32H37NO8/c1-2-6-25-29(13-10-24-27(34)17-20-41-32(24)25)40-19-5-3-4-18-39-28-14-12-26-22(23(28)11-16-31(37)38)9-7-21(33-26)8-15-30(35)36/h7,9-10,12-14H,2-6,8,11,15-20H2,1H3,(H,35,36)(H,37,38). The third-order valence-corrected chi connectivity index (χ3v) is 7.08. The first-order valence-corrected chi connectivity index (χ1v) is 14.3. The van der Waals surface area contributed by atoms with Crippen LogP contribution in [0, 0.1) is 0 Å². The SMILES string of the molecule is CCCc1c(OCCCCCOc2ccc3nc(CCC(=O)O)ccc3c2CCC(=O)O)ccc2c1OCCC2=O. The Morgan fingerprint density at radius 3 is 2.24 bits per heavy atom. The Bertz CT molecular complexity index is 1400. The van der Waals surface area contributed by atoms with Crippen molar-refractivity contribution >= 4 is 28.6 Å². The Labute approximate surface area is 239 Å². The van der Waals surface area contributed by atoms with Crippen LogP contribution in [0.15, 0.2) is 36.4 Å². The zero-order valence-corrected chi connectivity index (χ0v) is 23.4. The van der Waals surface area contributed by atoms with Gasteiger partial charge in [0.1, 0.15) is 17.2 Å². The summed E-state index contributed by atoms with van der Waals surface area (Å²) in [5, 5.41) is 19.0. The van der Waals surface area contributed by atoms with Crippen molar-refractivity contribution < 1.29 is 38.8 Å². The van der Waals surface area contributed by atoms with Crippen LogP contribution in [0.1, 0.15) is 79.0 Å². The van der Waals surface area contributed by atoms with Crippen LogP contribution >= 0.6 is 0 Å². The maximum absolute atomic E-state index is 12.2. The van der Waals surface area contributed by atoms with E-state index in [0.717, 1.165) is 54.4 Å². The van der Waals surface area contributed by atoms with Crippen LogP contribution in [-0.4, -0.2) is 52.7 Å². The first-order valence-electron chi connectivity index (χ1n) is 14.3. The summed E-state index contributed by atoms with van der Waals surface area (Å²) < 4.78 is 18.0. The number of ketones is 1. The van der Waals surface area contributed by atoms with Gasteiger partial charge in [0.05, 0.1) is 37.3 Å². The summed E-state index contributed by atoms with van der Waals surface area (Å²) in [4.78, 5) is 39.0. The molecule has 0 radical (unpaired) electrons. The van der Waals surface area contributed by atoms with Crippen molar-refractivity contribution in [2.24, 2.45) is 0 Å². The molecule has 0 fully saturated rings. The highest BCUT2D eigenvalue weighted by molar-refractivity contribution is 6.00. The van der Waals surface area contributed by atoms with Crippen LogP contribution in [0.5, 0.6) is 17.2 Å². The molecule has 1 aliphatic rings. The summed E-state index contributed by atoms with van der Waals surface area (Å²) >= 11 is 0. The highest BCUT2D eigenvalue weighted by Crippen LogP contribution is 2.36. The monoisotopic (exact) mass is 563 g/mol. The van der Waals surface area contributed by atoms with Gasteiger partial charge < -0.3 is 24.4 Å². The lowest BCUT2D eigenvalue weighted by Gasteiger charge is -2.22. The van der Waals surface area contributed by atoms with Gasteiger partial charge in [0.2, 0.25) is 0 Å². The van der Waals surface area contributed by atoms with Gasteiger partial charge in [0, 0.05) is 41.5 Å². The molecule has 1 aliphatic heterocycles. The number of pyridine rings is 1. The van der Waals surface area contributed by atoms with Crippen LogP contribution in [0.25, 0.3) is 10.9 Å². The van der Waals surface area contributed by atoms with E-state index in [1.165, 1.54) is 0 Å². The van der Waals surface area contributed by atoms with Crippen LogP contribution in [0.3, 0.4) is 0 Å². The smallest absolute Gasteiger partial charge is 0.303 e. The minimum absolute atomic E-state index is 0.000738. The molecule has 0 unspecified atom stereocenters. The highest BCUT2D eigenvalue weighted by Gasteiger charge is 2.23. The minimum atomic E-state index is -0.891. The molecule has 4 rings (SSSR count). The molecule has 0 amide bonds. The topological polar surface area (TPSA) is 132 Å². The summed E-state index contributed by atoms with van der Waals surface area (Å²) in [5.74, 6) is 0.437. The fraction of sp³-hybridized carbons (Fsp3) is 0.438. The molecule has 0 saturated heterocycles. The predicted octanol–water partition coefficient (Wildman–Crippen LogP) is 5.82. The third-order valence-electron chi connectivity index (χ3n) is 7.08. The molecular formula is C32H37NO8. The maximum atomic E-state index is 12.2. The summed E-state index contributed by atoms with van der Waals surface area (Å²) in [6.45, 7) is 3.52. The fourth-order valence-corrected chi connectivity index (χ4v) is 5.03. The number of Topliss-reactive ketones (excluding diaryl/α,β-unsaturated/α-hetero) is 1. The summed E-state index contributed by atoms with van der Waals surface area (Å²) in [7, 11) is 0. The highest BCUT2D eigenvalue weighted by atomic mass is 16.5. The Morgan fingerprint density at radius 2 is 1.54 bits per heavy atom. The number of carboxylic acids is 2. The van der Waals surface area contributed by atoms with Gasteiger partial charge in [-0.3, -0.25) is 19.4 Å². The molecule has 2 aromatic carbocycles. The van der Waals surface area contributed by atoms with E-state index in [1.54, 1.807) is 12.1 Å². The normalized spacial score (nSPS) is 12.6. The largest absolute Gasteiger partial charge is 0.493 e. The second kappa shape index (κ2) is 14.5. The molecule has 1 aromatic heterocycles. The number of carbonyl (C=O) groups is 3. The lowest BCUT2D eigenvalue weighted by molar-refractivity contribution is -0.138. The molecule has 218 valence electrons. The van der Waals surface area contributed by atoms with Gasteiger partial charge in [0.15, 0.2) is 5.78 Å². The molecule has 0 atom stereocenters. The second-order valence-corrected chi connectivity index (χ2v) is 10.1. The van der Waals surface area contributed by atoms with E-state index in [9.17, 15) is 19.5 Å². The van der Waals surface area contributed by atoms with Gasteiger partial charge in [0.25, 0.3) is 0 Å². The minimum Gasteiger partial charge on any atom is -0.493 e. The first-order chi connectivity index (χ1) is 19.9. The number of nitrogens with zero attached hydrogens (tertiary/aromatic N) is 1. The number of hydrogen-bond acceptors (Lipinski definition) is 7. The average Bonchev–Trinajstić information content (AvgIpc) is 2.95. The van der Waals surface area contributed by atoms with Crippen LogP contribution in [0.2, 0.25) is 0 Å². The van der Waals surface area contributed by atoms with Crippen molar-refractivity contribution in [2.45, 2.75) is 71.1 Å². The van der Waals surface area contributed by atoms with Crippen molar-refractivity contribution in [1.82, 2.24) is 4.98 Å². The maximum Gasteiger partial charge on any atom is 0.303 e. The summed E-state index contributed by atoms with van der Waals surface area (Å²) in [6, 6.07) is 11.0. The molecule has 2 heterocycles. The Kier molecular flexibility index (Phi) is 10.5. The number of aryl methyl sites for hydroxylation is 2. The molecule has 3 aromatic rings. The molecular weight excluding hydrogens is 526 g/mol. The van der Waals surface area contributed by atoms with Gasteiger partial charge >= 0.3 is 11.9 Å². The zero-order valence-electron chi connectivity index (χ0n) is 23.4. The zero-order chi connectivity index (χ0) is 29.2. The van der Waals surface area contributed by atoms with Crippen molar-refractivity contribution in [2.75, 3.05) is 19.8 Å². The van der Waals surface area contributed by atoms with Gasteiger partial charge in [-0.15, -0.1) is 0 Å². The van der Waals surface area contributed by atoms with Crippen LogP contribution < -0.4 is 14.2 Å². The molecule has 9 heteroatoms. The molecule has 41 heavy (non-hydrogen) atoms. The summed E-state index contributed by atoms with van der Waals surface area (Å²) in [5.41, 5.74) is 3.78. The van der Waals surface area contributed by atoms with E-state index >= 15 is 0 Å². The Morgan fingerprint density at radius 1 is 0.854 bits per heavy atom. The molecule has 2 N–H and O–H groups in total. The number of fused-ring (bicyclic) bond motifs is 2. The van der Waals surface area contributed by atoms with Crippen LogP contribution in [-0.2, 0) is 28.9 Å². The van der Waals surface area contributed by atoms with Crippen molar-refractivity contribution in [3.8, 4) is 17.2 Å². The van der Waals surface area contributed by atoms with E-state index in [2.05, 4.69) is 11.9 Å². The van der Waals surface area contributed by atoms with E-state index in [-0.39, 0.29) is 18.6 Å². The lowest BCUT2D eigenvalue weighted by atomic mass is 9.98. The molecule has 0 spiro atoms. The number of hydrogen-bond donors (Lipinski definition) is 2. The molecule has 0 saturated carbocycles. The van der Waals surface area contributed by atoms with Crippen molar-refractivity contribution in [3.63, 3.8) is 0 Å². The number of carbonyl (C=O) groups excluding carboxylic acids is 1. The number of rotatable bonds is 16. The van der Waals surface area contributed by atoms with Gasteiger partial charge in [-0.1, -0.05) is 19.4 Å². The number of unbranched alkanes of at least 4 members (excludes halogenated alkanes) is 2. The number of aromatic nitrogens is 1. The third kappa shape index (κ3) is 7.96. The Hall–Kier alpha value is -4.14. The molecule has 9 nitrogen and oxygen atoms in total. The number of ether oxygens (including phenoxy) is 3. The van der Waals surface area contributed by atoms with E-state index in [0.29, 0.717) is 67.4 Å². The van der Waals surface area contributed by atoms with Gasteiger partial charge in [-0.25, -0.2) is 0 Å². The quantitative estimate of drug-likeness (QED) is 0.207. The number of aliphatic carboxylic acids is 2. The van der Waals surface area contributed by atoms with E-state index in [1.807, 2.05) is 24.3 Å². The van der Waals surface area contributed by atoms with Gasteiger partial charge in [-0.2, -0.15) is 0 Å².